The number of rotatable bonds is 2. The molecule has 0 heterocycles. The number of halogens is 2. The van der Waals surface area contributed by atoms with Crippen molar-refractivity contribution in [3.8, 4) is 0 Å². The summed E-state index contributed by atoms with van der Waals surface area (Å²) >= 11 is 9.48. The van der Waals surface area contributed by atoms with Crippen molar-refractivity contribution < 1.29 is 4.79 Å². The van der Waals surface area contributed by atoms with Crippen LogP contribution in [0.2, 0.25) is 5.02 Å². The monoisotopic (exact) mass is 322 g/mol. The second kappa shape index (κ2) is 5.25. The Hall–Kier alpha value is -1.12. The Bertz CT molecular complexity index is 603. The van der Waals surface area contributed by atoms with E-state index in [1.165, 1.54) is 0 Å². The summed E-state index contributed by atoms with van der Waals surface area (Å²) in [5, 5.41) is 0.605. The lowest BCUT2D eigenvalue weighted by Gasteiger charge is -2.07. The van der Waals surface area contributed by atoms with Gasteiger partial charge in [0.2, 0.25) is 0 Å². The van der Waals surface area contributed by atoms with Crippen molar-refractivity contribution in [2.45, 2.75) is 13.8 Å². The van der Waals surface area contributed by atoms with Crippen LogP contribution in [0.4, 0.5) is 0 Å². The number of ketones is 1. The molecule has 0 fully saturated rings. The van der Waals surface area contributed by atoms with Gasteiger partial charge in [0.25, 0.3) is 0 Å². The Morgan fingerprint density at radius 2 is 1.72 bits per heavy atom. The quantitative estimate of drug-likeness (QED) is 0.715. The molecule has 18 heavy (non-hydrogen) atoms. The molecule has 2 aromatic carbocycles. The zero-order valence-electron chi connectivity index (χ0n) is 10.1. The number of aryl methyl sites for hydroxylation is 2. The predicted molar refractivity (Wildman–Crippen MR) is 78.5 cm³/mol. The van der Waals surface area contributed by atoms with E-state index in [4.69, 9.17) is 11.6 Å². The van der Waals surface area contributed by atoms with Crippen molar-refractivity contribution in [3.05, 3.63) is 68.1 Å². The molecule has 92 valence electrons. The minimum atomic E-state index is -0.0243. The highest BCUT2D eigenvalue weighted by Crippen LogP contribution is 2.27. The maximum absolute atomic E-state index is 12.4. The Kier molecular flexibility index (Phi) is 3.88. The summed E-state index contributed by atoms with van der Waals surface area (Å²) in [6.45, 7) is 3.90. The van der Waals surface area contributed by atoms with Crippen molar-refractivity contribution in [2.75, 3.05) is 0 Å². The van der Waals surface area contributed by atoms with Gasteiger partial charge in [-0.3, -0.25) is 4.79 Å². The van der Waals surface area contributed by atoms with Crippen LogP contribution in [0.1, 0.15) is 27.0 Å². The van der Waals surface area contributed by atoms with E-state index in [-0.39, 0.29) is 5.78 Å². The van der Waals surface area contributed by atoms with Crippen LogP contribution < -0.4 is 0 Å². The van der Waals surface area contributed by atoms with Crippen LogP contribution in [0.5, 0.6) is 0 Å². The van der Waals surface area contributed by atoms with Gasteiger partial charge >= 0.3 is 0 Å². The van der Waals surface area contributed by atoms with E-state index in [2.05, 4.69) is 15.9 Å². The maximum Gasteiger partial charge on any atom is 0.194 e. The zero-order chi connectivity index (χ0) is 13.3. The van der Waals surface area contributed by atoms with Crippen molar-refractivity contribution in [2.24, 2.45) is 0 Å². The molecule has 0 saturated heterocycles. The first kappa shape index (κ1) is 13.3. The summed E-state index contributed by atoms with van der Waals surface area (Å²) in [4.78, 5) is 12.4. The Morgan fingerprint density at radius 3 is 2.33 bits per heavy atom. The minimum absolute atomic E-state index is 0.0243. The second-order valence-corrected chi connectivity index (χ2v) is 5.54. The molecule has 3 heteroatoms. The molecule has 0 radical (unpaired) electrons. The molecule has 0 amide bonds. The maximum atomic E-state index is 12.4. The molecule has 0 aliphatic heterocycles. The summed E-state index contributed by atoms with van der Waals surface area (Å²) in [6, 6.07) is 11.1. The second-order valence-electron chi connectivity index (χ2n) is 4.28. The molecule has 0 bridgehead atoms. The van der Waals surface area contributed by atoms with Crippen LogP contribution in [0, 0.1) is 13.8 Å². The molecule has 0 saturated carbocycles. The molecule has 0 atom stereocenters. The Labute approximate surface area is 120 Å². The van der Waals surface area contributed by atoms with Crippen LogP contribution in [0.15, 0.2) is 40.9 Å². The first-order valence-electron chi connectivity index (χ1n) is 5.56. The van der Waals surface area contributed by atoms with Crippen molar-refractivity contribution >= 4 is 33.3 Å². The molecule has 0 aromatic heterocycles. The molecule has 0 spiro atoms. The van der Waals surface area contributed by atoms with Crippen LogP contribution >= 0.6 is 27.5 Å². The molecule has 1 nitrogen and oxygen atoms in total. The number of hydrogen-bond donors (Lipinski definition) is 0. The van der Waals surface area contributed by atoms with E-state index in [0.717, 1.165) is 15.6 Å². The third-order valence-electron chi connectivity index (χ3n) is 2.81. The van der Waals surface area contributed by atoms with Crippen molar-refractivity contribution in [3.63, 3.8) is 0 Å². The lowest BCUT2D eigenvalue weighted by molar-refractivity contribution is 0.103. The largest absolute Gasteiger partial charge is 0.289 e. The zero-order valence-corrected chi connectivity index (χ0v) is 12.5. The number of carbonyl (C=O) groups excluding carboxylic acids is 1. The Morgan fingerprint density at radius 1 is 1.11 bits per heavy atom. The number of benzene rings is 2. The molecule has 0 unspecified atom stereocenters. The van der Waals surface area contributed by atoms with Gasteiger partial charge in [-0.15, -0.1) is 0 Å². The average Bonchev–Trinajstić information content (AvgIpc) is 2.34. The summed E-state index contributed by atoms with van der Waals surface area (Å²) in [7, 11) is 0. The van der Waals surface area contributed by atoms with Gasteiger partial charge in [-0.25, -0.2) is 0 Å². The van der Waals surface area contributed by atoms with Crippen LogP contribution in [0.25, 0.3) is 0 Å². The summed E-state index contributed by atoms with van der Waals surface area (Å²) in [5.74, 6) is -0.0243. The van der Waals surface area contributed by atoms with Crippen LogP contribution in [0.3, 0.4) is 0 Å². The fourth-order valence-electron chi connectivity index (χ4n) is 1.68. The lowest BCUT2D eigenvalue weighted by Crippen LogP contribution is -2.03. The fraction of sp³-hybridized carbons (Fsp3) is 0.133. The molecule has 0 aliphatic carbocycles. The van der Waals surface area contributed by atoms with E-state index < -0.39 is 0 Å². The highest BCUT2D eigenvalue weighted by molar-refractivity contribution is 9.10. The molecule has 2 rings (SSSR count). The average molecular weight is 324 g/mol. The van der Waals surface area contributed by atoms with Gasteiger partial charge in [0.05, 0.1) is 0 Å². The SMILES string of the molecule is Cc1ccc(C(=O)c2cc(Cl)c(C)cc2Br)cc1. The van der Waals surface area contributed by atoms with E-state index in [1.807, 2.05) is 44.2 Å². The summed E-state index contributed by atoms with van der Waals surface area (Å²) in [6.07, 6.45) is 0. The fourth-order valence-corrected chi connectivity index (χ4v) is 2.48. The van der Waals surface area contributed by atoms with Gasteiger partial charge in [-0.2, -0.15) is 0 Å². The standard InChI is InChI=1S/C15H12BrClO/c1-9-3-5-11(6-4-9)15(18)12-8-14(17)10(2)7-13(12)16/h3-8H,1-2H3. The molecule has 2 aromatic rings. The highest BCUT2D eigenvalue weighted by atomic mass is 79.9. The normalized spacial score (nSPS) is 10.4. The van der Waals surface area contributed by atoms with Gasteiger partial charge in [0, 0.05) is 20.6 Å². The van der Waals surface area contributed by atoms with Crippen molar-refractivity contribution in [1.29, 1.82) is 0 Å². The topological polar surface area (TPSA) is 17.1 Å². The minimum Gasteiger partial charge on any atom is -0.289 e. The predicted octanol–water partition coefficient (Wildman–Crippen LogP) is 4.95. The lowest BCUT2D eigenvalue weighted by atomic mass is 10.0. The Balaban J connectivity index is 2.46. The van der Waals surface area contributed by atoms with Crippen LogP contribution in [-0.4, -0.2) is 5.78 Å². The molecular formula is C15H12BrClO. The molecular weight excluding hydrogens is 312 g/mol. The molecule has 0 aliphatic rings. The van der Waals surface area contributed by atoms with E-state index >= 15 is 0 Å². The van der Waals surface area contributed by atoms with Gasteiger partial charge in [0.15, 0.2) is 5.78 Å². The van der Waals surface area contributed by atoms with Gasteiger partial charge < -0.3 is 0 Å². The summed E-state index contributed by atoms with van der Waals surface area (Å²) < 4.78 is 0.773. The number of carbonyl (C=O) groups is 1. The van der Waals surface area contributed by atoms with E-state index in [9.17, 15) is 4.79 Å². The van der Waals surface area contributed by atoms with Crippen LogP contribution in [-0.2, 0) is 0 Å². The van der Waals surface area contributed by atoms with Crippen molar-refractivity contribution in [1.82, 2.24) is 0 Å². The number of hydrogen-bond acceptors (Lipinski definition) is 1. The van der Waals surface area contributed by atoms with Gasteiger partial charge in [-0.1, -0.05) is 57.4 Å². The smallest absolute Gasteiger partial charge is 0.194 e. The third kappa shape index (κ3) is 2.65. The first-order chi connectivity index (χ1) is 8.49. The van der Waals surface area contributed by atoms with Gasteiger partial charge in [-0.05, 0) is 31.5 Å². The van der Waals surface area contributed by atoms with E-state index in [0.29, 0.717) is 16.1 Å². The highest BCUT2D eigenvalue weighted by Gasteiger charge is 2.14. The first-order valence-corrected chi connectivity index (χ1v) is 6.73. The van der Waals surface area contributed by atoms with Gasteiger partial charge in [0.1, 0.15) is 0 Å². The molecule has 0 N–H and O–H groups in total. The van der Waals surface area contributed by atoms with E-state index in [1.54, 1.807) is 6.07 Å². The third-order valence-corrected chi connectivity index (χ3v) is 3.87. The summed E-state index contributed by atoms with van der Waals surface area (Å²) in [5.41, 5.74) is 3.34.